The Morgan fingerprint density at radius 3 is 0.455 bits per heavy atom. The Bertz CT molecular complexity index is 216. The van der Waals surface area contributed by atoms with Gasteiger partial charge in [0, 0.05) is 81.2 Å². The number of hydrogen-bond acceptors (Lipinski definition) is 5. The van der Waals surface area contributed by atoms with E-state index >= 15 is 0 Å². The third kappa shape index (κ3) is 4710. The Hall–Kier alpha value is -1.13. The molecule has 0 heterocycles. The van der Waals surface area contributed by atoms with Crippen LogP contribution in [0.15, 0.2) is 0 Å². The zero-order chi connectivity index (χ0) is 17.9. The fourth-order valence-electron chi connectivity index (χ4n) is 0. The van der Waals surface area contributed by atoms with Crippen molar-refractivity contribution < 1.29 is 66.6 Å². The first-order valence-electron chi connectivity index (χ1n) is 4.64. The van der Waals surface area contributed by atoms with Crippen LogP contribution >= 0.6 is 0 Å². The molecule has 0 saturated carbocycles. The molecule has 129 valence electrons. The minimum atomic E-state index is -0.833. The maximum atomic E-state index is 9.00. The number of hydrogen-bond donors (Lipinski definition) is 5. The molecule has 10 nitrogen and oxygen atoms in total. The van der Waals surface area contributed by atoms with Crippen molar-refractivity contribution >= 4 is 59.4 Å². The van der Waals surface area contributed by atoms with E-state index in [2.05, 4.69) is 0 Å². The molecule has 0 aromatic carbocycles. The molecule has 12 heteroatoms. The van der Waals surface area contributed by atoms with Gasteiger partial charge < -0.3 is 25.5 Å². The van der Waals surface area contributed by atoms with Crippen LogP contribution in [-0.4, -0.2) is 84.9 Å². The van der Waals surface area contributed by atoms with Crippen molar-refractivity contribution in [3.63, 3.8) is 0 Å². The van der Waals surface area contributed by atoms with Crippen LogP contribution < -0.4 is 0 Å². The van der Waals surface area contributed by atoms with Crippen molar-refractivity contribution in [2.75, 3.05) is 0 Å². The predicted octanol–water partition coefficient (Wildman–Crippen LogP) is 0.0712. The molecule has 0 fully saturated rings. The van der Waals surface area contributed by atoms with Crippen molar-refractivity contribution in [3.05, 3.63) is 0 Å². The van der Waals surface area contributed by atoms with Crippen molar-refractivity contribution in [2.24, 2.45) is 0 Å². The van der Waals surface area contributed by atoms with Crippen LogP contribution in [0.2, 0.25) is 0 Å². The summed E-state index contributed by atoms with van der Waals surface area (Å²) in [4.78, 5) is 45.0. The van der Waals surface area contributed by atoms with E-state index in [1.165, 1.54) is 0 Å². The summed E-state index contributed by atoms with van der Waals surface area (Å²) in [6.45, 7) is 5.42. The molecule has 0 aliphatic rings. The van der Waals surface area contributed by atoms with Gasteiger partial charge in [-0.2, -0.15) is 0 Å². The Kier molecular flexibility index (Phi) is 71.6. The minimum Gasteiger partial charge on any atom is -0.481 e. The number of carboxylic acids is 5. The van der Waals surface area contributed by atoms with Crippen molar-refractivity contribution in [1.29, 1.82) is 0 Å². The summed E-state index contributed by atoms with van der Waals surface area (Å²) in [5, 5.41) is 37.1. The zero-order valence-electron chi connectivity index (χ0n) is 13.1. The Balaban J connectivity index is -0.0000000250. The average molecular weight is 379 g/mol. The van der Waals surface area contributed by atoms with Gasteiger partial charge in [-0.15, -0.1) is 0 Å². The molecule has 0 bridgehead atoms. The van der Waals surface area contributed by atoms with Gasteiger partial charge in [-0.1, -0.05) is 0 Å². The number of carbonyl (C=O) groups is 5. The molecule has 0 aliphatic heterocycles. The fraction of sp³-hybridized carbons (Fsp3) is 0.500. The molecule has 0 amide bonds. The van der Waals surface area contributed by atoms with Crippen LogP contribution in [0.1, 0.15) is 34.6 Å². The Labute approximate surface area is 160 Å². The molecule has 0 aliphatic carbocycles. The van der Waals surface area contributed by atoms with Gasteiger partial charge in [-0.25, -0.2) is 0 Å². The molecule has 0 aromatic heterocycles. The summed E-state index contributed by atoms with van der Waals surface area (Å²) in [5.74, 6) is -4.17. The van der Waals surface area contributed by atoms with Crippen LogP contribution in [-0.2, 0) is 41.0 Å². The second-order valence-corrected chi connectivity index (χ2v) is 2.60. The van der Waals surface area contributed by atoms with Crippen LogP contribution in [0.5, 0.6) is 0 Å². The first kappa shape index (κ1) is 42.8. The van der Waals surface area contributed by atoms with Crippen LogP contribution in [0, 0.1) is 0 Å². The van der Waals surface area contributed by atoms with E-state index in [0.29, 0.717) is 0 Å². The molecule has 22 heavy (non-hydrogen) atoms. The average Bonchev–Trinajstić information content (AvgIpc) is 1.94. The minimum absolute atomic E-state index is 0. The van der Waals surface area contributed by atoms with E-state index in [0.717, 1.165) is 34.6 Å². The van der Waals surface area contributed by atoms with Crippen LogP contribution in [0.4, 0.5) is 0 Å². The van der Waals surface area contributed by atoms with Gasteiger partial charge in [0.15, 0.2) is 0 Å². The smallest absolute Gasteiger partial charge is 0.300 e. The van der Waals surface area contributed by atoms with Gasteiger partial charge in [0.05, 0.1) is 0 Å². The summed E-state index contributed by atoms with van der Waals surface area (Å²) < 4.78 is 0. The molecule has 0 aromatic rings. The quantitative estimate of drug-likeness (QED) is 0.361. The van der Waals surface area contributed by atoms with E-state index in [1.54, 1.807) is 0 Å². The van der Waals surface area contributed by atoms with E-state index in [9.17, 15) is 0 Å². The number of aliphatic carboxylic acids is 5. The standard InChI is InChI=1S/5C2H4O2.Fe.Na/c5*1-2(3)4;;/h5*1H3,(H,3,4);;. The first-order valence-corrected chi connectivity index (χ1v) is 4.64. The summed E-state index contributed by atoms with van der Waals surface area (Å²) in [6.07, 6.45) is 0. The van der Waals surface area contributed by atoms with Gasteiger partial charge in [0.1, 0.15) is 0 Å². The zero-order valence-corrected chi connectivity index (χ0v) is 16.2. The molecule has 0 rings (SSSR count). The van der Waals surface area contributed by atoms with Crippen LogP contribution in [0.25, 0.3) is 0 Å². The third-order valence-corrected chi connectivity index (χ3v) is 0. The Morgan fingerprint density at radius 2 is 0.455 bits per heavy atom. The molecule has 5 N–H and O–H groups in total. The molecule has 1 radical (unpaired) electrons. The molecule has 0 atom stereocenters. The van der Waals surface area contributed by atoms with Crippen molar-refractivity contribution in [3.8, 4) is 0 Å². The SMILES string of the molecule is CC(=O)O.CC(=O)O.CC(=O)O.CC(=O)O.CC(=O)O.[Fe].[Na]. The van der Waals surface area contributed by atoms with Gasteiger partial charge in [0.2, 0.25) is 0 Å². The third-order valence-electron chi connectivity index (χ3n) is 0. The van der Waals surface area contributed by atoms with Gasteiger partial charge in [0.25, 0.3) is 29.8 Å². The maximum absolute atomic E-state index is 9.00. The first-order chi connectivity index (χ1) is 8.66. The largest absolute Gasteiger partial charge is 0.481 e. The van der Waals surface area contributed by atoms with Crippen molar-refractivity contribution in [1.82, 2.24) is 0 Å². The van der Waals surface area contributed by atoms with Gasteiger partial charge >= 0.3 is 0 Å². The summed E-state index contributed by atoms with van der Waals surface area (Å²) >= 11 is 0. The van der Waals surface area contributed by atoms with E-state index in [-0.39, 0.29) is 46.6 Å². The maximum Gasteiger partial charge on any atom is 0.300 e. The molecular formula is C10H20FeNaO10. The molecule has 0 saturated heterocycles. The molecule has 0 spiro atoms. The summed E-state index contributed by atoms with van der Waals surface area (Å²) in [6, 6.07) is 0. The fourth-order valence-corrected chi connectivity index (χ4v) is 0. The molecule has 0 unspecified atom stereocenters. The molecular weight excluding hydrogens is 359 g/mol. The van der Waals surface area contributed by atoms with E-state index in [1.807, 2.05) is 0 Å². The van der Waals surface area contributed by atoms with Crippen molar-refractivity contribution in [2.45, 2.75) is 34.6 Å². The second-order valence-electron chi connectivity index (χ2n) is 2.60. The second kappa shape index (κ2) is 36.8. The van der Waals surface area contributed by atoms with Gasteiger partial charge in [-0.05, 0) is 0 Å². The Morgan fingerprint density at radius 1 is 0.455 bits per heavy atom. The topological polar surface area (TPSA) is 186 Å². The van der Waals surface area contributed by atoms with Crippen LogP contribution in [0.3, 0.4) is 0 Å². The van der Waals surface area contributed by atoms with E-state index < -0.39 is 29.8 Å². The number of rotatable bonds is 0. The monoisotopic (exact) mass is 379 g/mol. The normalized spacial score (nSPS) is 5.68. The van der Waals surface area contributed by atoms with E-state index in [4.69, 9.17) is 49.5 Å². The number of carboxylic acid groups (broad SMARTS) is 5. The summed E-state index contributed by atoms with van der Waals surface area (Å²) in [7, 11) is 0. The van der Waals surface area contributed by atoms with Gasteiger partial charge in [-0.3, -0.25) is 24.0 Å². The predicted molar refractivity (Wildman–Crippen MR) is 72.3 cm³/mol. The summed E-state index contributed by atoms with van der Waals surface area (Å²) in [5.41, 5.74) is 0.